The minimum absolute atomic E-state index is 0.0886. The van der Waals surface area contributed by atoms with Crippen LogP contribution in [-0.2, 0) is 16.1 Å². The third kappa shape index (κ3) is 5.89. The van der Waals surface area contributed by atoms with Gasteiger partial charge in [-0.25, -0.2) is 0 Å². The predicted octanol–water partition coefficient (Wildman–Crippen LogP) is 2.72. The van der Waals surface area contributed by atoms with Gasteiger partial charge in [-0.15, -0.1) is 0 Å². The van der Waals surface area contributed by atoms with Gasteiger partial charge in [0.05, 0.1) is 19.8 Å². The van der Waals surface area contributed by atoms with Gasteiger partial charge >= 0.3 is 5.97 Å². The average molecular weight is 343 g/mol. The number of aliphatic hydroxyl groups is 1. The van der Waals surface area contributed by atoms with E-state index in [4.69, 9.17) is 9.47 Å². The Balaban J connectivity index is 1.93. The van der Waals surface area contributed by atoms with Crippen LogP contribution < -0.4 is 4.74 Å². The maximum atomic E-state index is 11.4. The summed E-state index contributed by atoms with van der Waals surface area (Å²) in [6.45, 7) is 3.33. The minimum Gasteiger partial charge on any atom is -0.492 e. The normalized spacial score (nSPS) is 10.7. The lowest BCUT2D eigenvalue weighted by Crippen LogP contribution is -2.31. The summed E-state index contributed by atoms with van der Waals surface area (Å²) in [7, 11) is 1.84. The molecule has 134 valence electrons. The summed E-state index contributed by atoms with van der Waals surface area (Å²) in [4.78, 5) is 13.3. The van der Waals surface area contributed by atoms with E-state index in [1.165, 1.54) is 0 Å². The number of carbonyl (C=O) groups excluding carboxylic acids is 1. The lowest BCUT2D eigenvalue weighted by Gasteiger charge is -2.17. The van der Waals surface area contributed by atoms with Gasteiger partial charge in [0.2, 0.25) is 0 Å². The molecule has 0 saturated carbocycles. The highest BCUT2D eigenvalue weighted by Gasteiger charge is 2.09. The smallest absolute Gasteiger partial charge is 0.320 e. The van der Waals surface area contributed by atoms with Crippen LogP contribution in [0.15, 0.2) is 48.5 Å². The van der Waals surface area contributed by atoms with E-state index in [1.54, 1.807) is 6.92 Å². The number of hydrogen-bond acceptors (Lipinski definition) is 5. The highest BCUT2D eigenvalue weighted by molar-refractivity contribution is 5.71. The van der Waals surface area contributed by atoms with Crippen LogP contribution in [0.5, 0.6) is 5.75 Å². The second-order valence-electron chi connectivity index (χ2n) is 5.74. The standard InChI is InChI=1S/C20H25NO4/c1-3-24-20(23)14-21(2)11-12-25-19-10-9-17(13-18(19)15-22)16-7-5-4-6-8-16/h4-10,13,22H,3,11-12,14-15H2,1-2H3. The first-order chi connectivity index (χ1) is 12.1. The molecule has 0 amide bonds. The highest BCUT2D eigenvalue weighted by Crippen LogP contribution is 2.26. The maximum absolute atomic E-state index is 11.4. The summed E-state index contributed by atoms with van der Waals surface area (Å²) in [6, 6.07) is 15.8. The first-order valence-electron chi connectivity index (χ1n) is 8.40. The van der Waals surface area contributed by atoms with Crippen molar-refractivity contribution in [3.8, 4) is 16.9 Å². The zero-order chi connectivity index (χ0) is 18.1. The number of rotatable bonds is 9. The van der Waals surface area contributed by atoms with Gasteiger partial charge in [-0.05, 0) is 37.2 Å². The van der Waals surface area contributed by atoms with Crippen molar-refractivity contribution in [2.24, 2.45) is 0 Å². The molecule has 0 bridgehead atoms. The van der Waals surface area contributed by atoms with Crippen LogP contribution in [0, 0.1) is 0 Å². The van der Waals surface area contributed by atoms with Crippen molar-refractivity contribution in [2.75, 3.05) is 33.4 Å². The molecule has 0 radical (unpaired) electrons. The Kier molecular flexibility index (Phi) is 7.44. The first kappa shape index (κ1) is 19.0. The number of ether oxygens (including phenoxy) is 2. The molecule has 0 unspecified atom stereocenters. The van der Waals surface area contributed by atoms with Crippen LogP contribution >= 0.6 is 0 Å². The predicted molar refractivity (Wildman–Crippen MR) is 97.4 cm³/mol. The fourth-order valence-electron chi connectivity index (χ4n) is 2.47. The van der Waals surface area contributed by atoms with Crippen LogP contribution in [0.25, 0.3) is 11.1 Å². The lowest BCUT2D eigenvalue weighted by molar-refractivity contribution is -0.144. The van der Waals surface area contributed by atoms with Crippen molar-refractivity contribution in [3.63, 3.8) is 0 Å². The van der Waals surface area contributed by atoms with Crippen molar-refractivity contribution in [3.05, 3.63) is 54.1 Å². The summed E-state index contributed by atoms with van der Waals surface area (Å²) in [5.41, 5.74) is 2.88. The number of esters is 1. The van der Waals surface area contributed by atoms with Gasteiger partial charge in [-0.2, -0.15) is 0 Å². The van der Waals surface area contributed by atoms with Crippen molar-refractivity contribution in [1.29, 1.82) is 0 Å². The van der Waals surface area contributed by atoms with Crippen LogP contribution in [-0.4, -0.2) is 49.3 Å². The SMILES string of the molecule is CCOC(=O)CN(C)CCOc1ccc(-c2ccccc2)cc1CO. The van der Waals surface area contributed by atoms with E-state index in [2.05, 4.69) is 0 Å². The Hall–Kier alpha value is -2.37. The van der Waals surface area contributed by atoms with E-state index in [9.17, 15) is 9.90 Å². The molecule has 0 aliphatic carbocycles. The highest BCUT2D eigenvalue weighted by atomic mass is 16.5. The minimum atomic E-state index is -0.242. The lowest BCUT2D eigenvalue weighted by atomic mass is 10.0. The van der Waals surface area contributed by atoms with Crippen LogP contribution in [0.3, 0.4) is 0 Å². The molecule has 0 aliphatic heterocycles. The van der Waals surface area contributed by atoms with E-state index in [0.717, 1.165) is 16.7 Å². The number of benzene rings is 2. The molecule has 5 nitrogen and oxygen atoms in total. The van der Waals surface area contributed by atoms with Gasteiger partial charge in [0, 0.05) is 12.1 Å². The topological polar surface area (TPSA) is 59.0 Å². The third-order valence-electron chi connectivity index (χ3n) is 3.77. The number of hydrogen-bond donors (Lipinski definition) is 1. The van der Waals surface area contributed by atoms with E-state index in [-0.39, 0.29) is 19.1 Å². The average Bonchev–Trinajstić information content (AvgIpc) is 2.62. The largest absolute Gasteiger partial charge is 0.492 e. The molecule has 1 N–H and O–H groups in total. The Morgan fingerprint density at radius 3 is 2.56 bits per heavy atom. The Labute approximate surface area is 148 Å². The Morgan fingerprint density at radius 2 is 1.88 bits per heavy atom. The molecule has 0 heterocycles. The van der Waals surface area contributed by atoms with Gasteiger partial charge in [0.25, 0.3) is 0 Å². The van der Waals surface area contributed by atoms with Crippen LogP contribution in [0.2, 0.25) is 0 Å². The summed E-state index contributed by atoms with van der Waals surface area (Å²) in [5, 5.41) is 9.62. The molecule has 0 aromatic heterocycles. The quantitative estimate of drug-likeness (QED) is 0.710. The van der Waals surface area contributed by atoms with Crippen LogP contribution in [0.1, 0.15) is 12.5 Å². The number of carbonyl (C=O) groups is 1. The summed E-state index contributed by atoms with van der Waals surface area (Å²) in [5.74, 6) is 0.417. The first-order valence-corrected chi connectivity index (χ1v) is 8.40. The molecule has 25 heavy (non-hydrogen) atoms. The zero-order valence-corrected chi connectivity index (χ0v) is 14.8. The fraction of sp³-hybridized carbons (Fsp3) is 0.350. The maximum Gasteiger partial charge on any atom is 0.320 e. The van der Waals surface area contributed by atoms with E-state index >= 15 is 0 Å². The van der Waals surface area contributed by atoms with E-state index in [0.29, 0.717) is 25.5 Å². The van der Waals surface area contributed by atoms with Crippen molar-refractivity contribution in [2.45, 2.75) is 13.5 Å². The molecule has 0 aliphatic rings. The van der Waals surface area contributed by atoms with Gasteiger partial charge in [-0.3, -0.25) is 9.69 Å². The molecule has 0 spiro atoms. The van der Waals surface area contributed by atoms with Gasteiger partial charge in [-0.1, -0.05) is 36.4 Å². The van der Waals surface area contributed by atoms with Gasteiger partial charge in [0.15, 0.2) is 0 Å². The van der Waals surface area contributed by atoms with Gasteiger partial charge < -0.3 is 14.6 Å². The molecule has 5 heteroatoms. The molecular weight excluding hydrogens is 318 g/mol. The number of likely N-dealkylation sites (N-methyl/N-ethyl adjacent to an activating group) is 1. The molecule has 2 rings (SSSR count). The molecular formula is C20H25NO4. The summed E-state index contributed by atoms with van der Waals surface area (Å²) in [6.07, 6.45) is 0. The summed E-state index contributed by atoms with van der Waals surface area (Å²) >= 11 is 0. The van der Waals surface area contributed by atoms with Crippen molar-refractivity contribution < 1.29 is 19.4 Å². The van der Waals surface area contributed by atoms with E-state index < -0.39 is 0 Å². The van der Waals surface area contributed by atoms with Crippen molar-refractivity contribution in [1.82, 2.24) is 4.90 Å². The fourth-order valence-corrected chi connectivity index (χ4v) is 2.47. The third-order valence-corrected chi connectivity index (χ3v) is 3.77. The molecule has 0 atom stereocenters. The number of aliphatic hydroxyl groups excluding tert-OH is 1. The monoisotopic (exact) mass is 343 g/mol. The second kappa shape index (κ2) is 9.81. The Morgan fingerprint density at radius 1 is 1.12 bits per heavy atom. The van der Waals surface area contributed by atoms with Crippen LogP contribution in [0.4, 0.5) is 0 Å². The number of nitrogens with zero attached hydrogens (tertiary/aromatic N) is 1. The molecule has 0 fully saturated rings. The molecule has 2 aromatic carbocycles. The molecule has 0 saturated heterocycles. The second-order valence-corrected chi connectivity index (χ2v) is 5.74. The van der Waals surface area contributed by atoms with Gasteiger partial charge in [0.1, 0.15) is 12.4 Å². The summed E-state index contributed by atoms with van der Waals surface area (Å²) < 4.78 is 10.7. The zero-order valence-electron chi connectivity index (χ0n) is 14.8. The van der Waals surface area contributed by atoms with E-state index in [1.807, 2.05) is 60.5 Å². The van der Waals surface area contributed by atoms with Crippen molar-refractivity contribution >= 4 is 5.97 Å². The molecule has 2 aromatic rings. The Bertz CT molecular complexity index is 673.